The highest BCUT2D eigenvalue weighted by Gasteiger charge is 2.34. The van der Waals surface area contributed by atoms with E-state index in [-0.39, 0.29) is 5.91 Å². The second-order valence-corrected chi connectivity index (χ2v) is 5.37. The summed E-state index contributed by atoms with van der Waals surface area (Å²) in [6.45, 7) is 2.97. The number of para-hydroxylation sites is 1. The summed E-state index contributed by atoms with van der Waals surface area (Å²) in [6, 6.07) is 7.14. The van der Waals surface area contributed by atoms with Crippen molar-refractivity contribution in [2.24, 2.45) is 0 Å². The fourth-order valence-electron chi connectivity index (χ4n) is 2.76. The van der Waals surface area contributed by atoms with Crippen LogP contribution in [0.2, 0.25) is 0 Å². The highest BCUT2D eigenvalue weighted by Crippen LogP contribution is 2.26. The lowest BCUT2D eigenvalue weighted by Gasteiger charge is -2.32. The first-order valence-electron chi connectivity index (χ1n) is 7.36. The van der Waals surface area contributed by atoms with Crippen LogP contribution in [0.25, 0.3) is 10.9 Å². The molecule has 3 heterocycles. The third kappa shape index (κ3) is 2.36. The topological polar surface area (TPSA) is 97.1 Å². The summed E-state index contributed by atoms with van der Waals surface area (Å²) in [5.41, 5.74) is 1.22. The molecule has 23 heavy (non-hydrogen) atoms. The molecule has 1 aromatic carbocycles. The largest absolute Gasteiger partial charge is 0.423 e. The summed E-state index contributed by atoms with van der Waals surface area (Å²) in [7, 11) is 0. The van der Waals surface area contributed by atoms with Crippen molar-refractivity contribution < 1.29 is 13.9 Å². The molecule has 0 spiro atoms. The van der Waals surface area contributed by atoms with E-state index < -0.39 is 6.04 Å². The van der Waals surface area contributed by atoms with Gasteiger partial charge < -0.3 is 14.1 Å². The van der Waals surface area contributed by atoms with Crippen LogP contribution >= 0.6 is 0 Å². The number of nitrogens with zero attached hydrogens (tertiary/aromatic N) is 4. The first kappa shape index (κ1) is 13.9. The first-order valence-corrected chi connectivity index (χ1v) is 7.36. The van der Waals surface area contributed by atoms with E-state index in [9.17, 15) is 4.79 Å². The van der Waals surface area contributed by atoms with Gasteiger partial charge in [0, 0.05) is 18.9 Å². The number of H-pyrrole nitrogens is 1. The summed E-state index contributed by atoms with van der Waals surface area (Å²) >= 11 is 0. The second-order valence-electron chi connectivity index (χ2n) is 5.37. The van der Waals surface area contributed by atoms with E-state index in [1.54, 1.807) is 11.8 Å². The predicted molar refractivity (Wildman–Crippen MR) is 79.7 cm³/mol. The lowest BCUT2D eigenvalue weighted by Crippen LogP contribution is -2.43. The Morgan fingerprint density at radius 2 is 2.22 bits per heavy atom. The zero-order valence-corrected chi connectivity index (χ0v) is 12.5. The van der Waals surface area contributed by atoms with Crippen LogP contribution in [0.4, 0.5) is 0 Å². The number of nitrogens with one attached hydrogen (secondary N) is 1. The van der Waals surface area contributed by atoms with Crippen molar-refractivity contribution >= 4 is 16.8 Å². The van der Waals surface area contributed by atoms with E-state index >= 15 is 0 Å². The minimum atomic E-state index is -0.395. The normalized spacial score (nSPS) is 18.5. The van der Waals surface area contributed by atoms with Crippen molar-refractivity contribution in [1.82, 2.24) is 25.3 Å². The van der Waals surface area contributed by atoms with Gasteiger partial charge in [0.25, 0.3) is 5.91 Å². The van der Waals surface area contributed by atoms with E-state index in [1.807, 2.05) is 24.3 Å². The Balaban J connectivity index is 1.70. The van der Waals surface area contributed by atoms with Gasteiger partial charge in [0.2, 0.25) is 11.8 Å². The minimum absolute atomic E-state index is 0.174. The second kappa shape index (κ2) is 5.47. The van der Waals surface area contributed by atoms with E-state index in [4.69, 9.17) is 9.15 Å². The van der Waals surface area contributed by atoms with Gasteiger partial charge >= 0.3 is 0 Å². The molecule has 1 saturated heterocycles. The quantitative estimate of drug-likeness (QED) is 0.769. The van der Waals surface area contributed by atoms with Crippen LogP contribution in [0.1, 0.15) is 28.3 Å². The molecule has 1 fully saturated rings. The highest BCUT2D eigenvalue weighted by molar-refractivity contribution is 6.04. The van der Waals surface area contributed by atoms with Crippen molar-refractivity contribution in [1.29, 1.82) is 0 Å². The van der Waals surface area contributed by atoms with Crippen molar-refractivity contribution in [3.05, 3.63) is 41.7 Å². The number of fused-ring (bicyclic) bond motifs is 1. The van der Waals surface area contributed by atoms with Crippen molar-refractivity contribution in [3.63, 3.8) is 0 Å². The maximum Gasteiger partial charge on any atom is 0.275 e. The number of benzene rings is 1. The van der Waals surface area contributed by atoms with Crippen LogP contribution in [0.15, 0.2) is 28.7 Å². The number of hydrogen-bond acceptors (Lipinski definition) is 6. The number of aromatic nitrogens is 4. The molecule has 1 aliphatic rings. The molecule has 1 aliphatic heterocycles. The molecule has 4 rings (SSSR count). The number of hydrogen-bond donors (Lipinski definition) is 1. The van der Waals surface area contributed by atoms with Gasteiger partial charge in [-0.05, 0) is 6.07 Å². The number of aromatic amines is 1. The third-order valence-corrected chi connectivity index (χ3v) is 3.89. The van der Waals surface area contributed by atoms with Gasteiger partial charge in [-0.25, -0.2) is 0 Å². The molecule has 3 aromatic rings. The number of aryl methyl sites for hydroxylation is 1. The number of ether oxygens (including phenoxy) is 1. The van der Waals surface area contributed by atoms with Crippen molar-refractivity contribution in [2.45, 2.75) is 13.0 Å². The molecule has 2 aromatic heterocycles. The molecule has 0 radical (unpaired) electrons. The Morgan fingerprint density at radius 1 is 1.35 bits per heavy atom. The molecule has 1 amide bonds. The smallest absolute Gasteiger partial charge is 0.275 e. The Kier molecular flexibility index (Phi) is 3.30. The van der Waals surface area contributed by atoms with Crippen LogP contribution in [0, 0.1) is 6.92 Å². The van der Waals surface area contributed by atoms with E-state index in [0.717, 1.165) is 10.9 Å². The van der Waals surface area contributed by atoms with Crippen LogP contribution in [-0.2, 0) is 4.74 Å². The van der Waals surface area contributed by atoms with Gasteiger partial charge in [0.15, 0.2) is 5.69 Å². The van der Waals surface area contributed by atoms with E-state index in [1.165, 1.54) is 0 Å². The Bertz CT molecular complexity index is 856. The van der Waals surface area contributed by atoms with Crippen LogP contribution in [0.3, 0.4) is 0 Å². The minimum Gasteiger partial charge on any atom is -0.423 e. The average Bonchev–Trinajstić information content (AvgIpc) is 3.20. The zero-order valence-electron chi connectivity index (χ0n) is 12.5. The molecular weight excluding hydrogens is 298 g/mol. The van der Waals surface area contributed by atoms with Crippen molar-refractivity contribution in [3.8, 4) is 0 Å². The van der Waals surface area contributed by atoms with Gasteiger partial charge in [-0.15, -0.1) is 10.2 Å². The summed E-state index contributed by atoms with van der Waals surface area (Å²) in [6.07, 6.45) is 0. The van der Waals surface area contributed by atoms with Crippen LogP contribution in [-0.4, -0.2) is 51.0 Å². The molecule has 1 N–H and O–H groups in total. The fraction of sp³-hybridized carbons (Fsp3) is 0.333. The molecule has 118 valence electrons. The van der Waals surface area contributed by atoms with E-state index in [0.29, 0.717) is 37.2 Å². The van der Waals surface area contributed by atoms with Gasteiger partial charge in [0.1, 0.15) is 6.04 Å². The van der Waals surface area contributed by atoms with E-state index in [2.05, 4.69) is 20.4 Å². The lowest BCUT2D eigenvalue weighted by atomic mass is 10.1. The molecule has 0 saturated carbocycles. The van der Waals surface area contributed by atoms with Crippen LogP contribution < -0.4 is 0 Å². The fourth-order valence-corrected chi connectivity index (χ4v) is 2.76. The SMILES string of the molecule is Cc1nnc([C@H]2COCCN2C(=O)c2n[nH]c3ccccc23)o1. The number of carbonyl (C=O) groups excluding carboxylic acids is 1. The summed E-state index contributed by atoms with van der Waals surface area (Å²) < 4.78 is 11.0. The van der Waals surface area contributed by atoms with Gasteiger partial charge in [-0.1, -0.05) is 18.2 Å². The van der Waals surface area contributed by atoms with Crippen LogP contribution in [0.5, 0.6) is 0 Å². The zero-order chi connectivity index (χ0) is 15.8. The van der Waals surface area contributed by atoms with Gasteiger partial charge in [0.05, 0.1) is 18.7 Å². The number of amides is 1. The molecule has 1 atom stereocenters. The molecule has 0 aliphatic carbocycles. The summed E-state index contributed by atoms with van der Waals surface area (Å²) in [4.78, 5) is 14.6. The monoisotopic (exact) mass is 313 g/mol. The first-order chi connectivity index (χ1) is 11.2. The maximum atomic E-state index is 13.0. The third-order valence-electron chi connectivity index (χ3n) is 3.89. The Labute approximate surface area is 131 Å². The molecule has 0 bridgehead atoms. The molecule has 8 nitrogen and oxygen atoms in total. The number of morpholine rings is 1. The Hall–Kier alpha value is -2.74. The number of carbonyl (C=O) groups is 1. The van der Waals surface area contributed by atoms with Gasteiger partial charge in [-0.3, -0.25) is 9.89 Å². The summed E-state index contributed by atoms with van der Waals surface area (Å²) in [5.74, 6) is 0.671. The lowest BCUT2D eigenvalue weighted by molar-refractivity contribution is -0.0108. The Morgan fingerprint density at radius 3 is 3.04 bits per heavy atom. The predicted octanol–water partition coefficient (Wildman–Crippen LogP) is 1.47. The highest BCUT2D eigenvalue weighted by atomic mass is 16.5. The van der Waals surface area contributed by atoms with Crippen molar-refractivity contribution in [2.75, 3.05) is 19.8 Å². The summed E-state index contributed by atoms with van der Waals surface area (Å²) in [5, 5.41) is 15.7. The van der Waals surface area contributed by atoms with Gasteiger partial charge in [-0.2, -0.15) is 5.10 Å². The molecule has 8 heteroatoms. The number of rotatable bonds is 2. The maximum absolute atomic E-state index is 13.0. The molecule has 0 unspecified atom stereocenters. The standard InChI is InChI=1S/C15H15N5O3/c1-9-16-19-14(23-9)12-8-22-7-6-20(12)15(21)13-10-4-2-3-5-11(10)17-18-13/h2-5,12H,6-8H2,1H3,(H,17,18)/t12-/m1/s1. The average molecular weight is 313 g/mol. The molecular formula is C15H15N5O3.